The number of furan rings is 1. The smallest absolute Gasteiger partial charge is 0.202 e. The molecule has 0 spiro atoms. The van der Waals surface area contributed by atoms with E-state index in [0.29, 0.717) is 17.7 Å². The van der Waals surface area contributed by atoms with Crippen molar-refractivity contribution in [2.24, 2.45) is 11.7 Å². The third kappa shape index (κ3) is 3.04. The Labute approximate surface area is 125 Å². The van der Waals surface area contributed by atoms with Gasteiger partial charge in [-0.05, 0) is 44.0 Å². The van der Waals surface area contributed by atoms with Crippen LogP contribution in [0.5, 0.6) is 0 Å². The van der Waals surface area contributed by atoms with Crippen LogP contribution < -0.4 is 5.73 Å². The minimum atomic E-state index is 0.573. The van der Waals surface area contributed by atoms with E-state index in [9.17, 15) is 0 Å². The Kier molecular flexibility index (Phi) is 4.41. The first-order chi connectivity index (χ1) is 10.3. The molecule has 2 aromatic rings. The van der Waals surface area contributed by atoms with Crippen molar-refractivity contribution in [3.05, 3.63) is 30.2 Å². The lowest BCUT2D eigenvalue weighted by Crippen LogP contribution is -2.39. The van der Waals surface area contributed by atoms with Crippen molar-refractivity contribution in [2.75, 3.05) is 13.1 Å². The zero-order valence-corrected chi connectivity index (χ0v) is 12.5. The lowest BCUT2D eigenvalue weighted by atomic mass is 10.0. The molecule has 0 aliphatic heterocycles. The van der Waals surface area contributed by atoms with Crippen molar-refractivity contribution < 1.29 is 8.94 Å². The van der Waals surface area contributed by atoms with Gasteiger partial charge < -0.3 is 14.7 Å². The van der Waals surface area contributed by atoms with Crippen LogP contribution in [-0.2, 0) is 6.54 Å². The van der Waals surface area contributed by atoms with Gasteiger partial charge in [-0.1, -0.05) is 18.5 Å². The van der Waals surface area contributed by atoms with E-state index in [2.05, 4.69) is 17.0 Å². The molecule has 114 valence electrons. The van der Waals surface area contributed by atoms with Gasteiger partial charge in [0.1, 0.15) is 0 Å². The summed E-state index contributed by atoms with van der Waals surface area (Å²) in [5.41, 5.74) is 6.86. The fraction of sp³-hybridized carbons (Fsp3) is 0.562. The van der Waals surface area contributed by atoms with Gasteiger partial charge >= 0.3 is 0 Å². The fourth-order valence-corrected chi connectivity index (χ4v) is 3.37. The Morgan fingerprint density at radius 1 is 1.38 bits per heavy atom. The molecule has 1 saturated carbocycles. The van der Waals surface area contributed by atoms with Crippen molar-refractivity contribution in [1.29, 1.82) is 0 Å². The van der Waals surface area contributed by atoms with Crippen molar-refractivity contribution >= 4 is 0 Å². The van der Waals surface area contributed by atoms with E-state index in [1.54, 1.807) is 6.26 Å². The van der Waals surface area contributed by atoms with Crippen LogP contribution in [0.4, 0.5) is 0 Å². The molecule has 2 aromatic heterocycles. The second-order valence-electron chi connectivity index (χ2n) is 5.72. The van der Waals surface area contributed by atoms with Gasteiger partial charge in [-0.3, -0.25) is 4.90 Å². The minimum absolute atomic E-state index is 0.573. The molecule has 0 saturated heterocycles. The monoisotopic (exact) mass is 289 g/mol. The number of hydrogen-bond donors (Lipinski definition) is 1. The van der Waals surface area contributed by atoms with Crippen molar-refractivity contribution in [3.8, 4) is 11.5 Å². The Hall–Kier alpha value is -1.59. The van der Waals surface area contributed by atoms with Crippen LogP contribution in [0.2, 0.25) is 0 Å². The molecule has 1 aliphatic carbocycles. The molecule has 21 heavy (non-hydrogen) atoms. The number of nitrogens with zero attached hydrogens (tertiary/aromatic N) is 2. The molecule has 2 atom stereocenters. The lowest BCUT2D eigenvalue weighted by Gasteiger charge is -2.30. The summed E-state index contributed by atoms with van der Waals surface area (Å²) in [6, 6.07) is 6.26. The summed E-state index contributed by atoms with van der Waals surface area (Å²) in [5.74, 6) is 2.02. The Balaban J connectivity index is 1.69. The van der Waals surface area contributed by atoms with E-state index in [1.807, 2.05) is 18.2 Å². The zero-order valence-electron chi connectivity index (χ0n) is 12.5. The number of aromatic nitrogens is 1. The maximum atomic E-state index is 5.91. The predicted molar refractivity (Wildman–Crippen MR) is 80.5 cm³/mol. The van der Waals surface area contributed by atoms with Gasteiger partial charge in [-0.15, -0.1) is 0 Å². The van der Waals surface area contributed by atoms with Gasteiger partial charge in [-0.2, -0.15) is 0 Å². The Morgan fingerprint density at radius 3 is 3.00 bits per heavy atom. The fourth-order valence-electron chi connectivity index (χ4n) is 3.37. The SMILES string of the molecule is CCN(Cc1cc(-c2ccco2)on1)C1CCCC1CN. The van der Waals surface area contributed by atoms with E-state index < -0.39 is 0 Å². The molecule has 2 N–H and O–H groups in total. The highest BCUT2D eigenvalue weighted by Crippen LogP contribution is 2.30. The van der Waals surface area contributed by atoms with Crippen molar-refractivity contribution in [1.82, 2.24) is 10.1 Å². The first-order valence-electron chi connectivity index (χ1n) is 7.75. The van der Waals surface area contributed by atoms with Crippen LogP contribution in [0.25, 0.3) is 11.5 Å². The molecule has 0 aromatic carbocycles. The van der Waals surface area contributed by atoms with Gasteiger partial charge in [-0.25, -0.2) is 0 Å². The molecule has 0 amide bonds. The van der Waals surface area contributed by atoms with Gasteiger partial charge in [0.25, 0.3) is 0 Å². The topological polar surface area (TPSA) is 68.4 Å². The third-order valence-corrected chi connectivity index (χ3v) is 4.48. The Morgan fingerprint density at radius 2 is 2.29 bits per heavy atom. The molecular formula is C16H23N3O2. The molecule has 5 nitrogen and oxygen atoms in total. The van der Waals surface area contributed by atoms with Crippen LogP contribution >= 0.6 is 0 Å². The molecule has 0 radical (unpaired) electrons. The number of nitrogens with two attached hydrogens (primary N) is 1. The zero-order chi connectivity index (χ0) is 14.7. The van der Waals surface area contributed by atoms with Crippen LogP contribution in [0.15, 0.2) is 33.4 Å². The molecule has 1 fully saturated rings. The van der Waals surface area contributed by atoms with Crippen LogP contribution in [0.3, 0.4) is 0 Å². The second kappa shape index (κ2) is 6.45. The van der Waals surface area contributed by atoms with E-state index >= 15 is 0 Å². The van der Waals surface area contributed by atoms with Crippen LogP contribution in [0.1, 0.15) is 31.9 Å². The highest BCUT2D eigenvalue weighted by molar-refractivity contribution is 5.49. The van der Waals surface area contributed by atoms with E-state index in [0.717, 1.165) is 31.1 Å². The largest absolute Gasteiger partial charge is 0.461 e. The average Bonchev–Trinajstić information content (AvgIpc) is 3.23. The molecule has 1 aliphatic rings. The van der Waals surface area contributed by atoms with E-state index in [4.69, 9.17) is 14.7 Å². The first-order valence-corrected chi connectivity index (χ1v) is 7.75. The molecule has 2 heterocycles. The normalized spacial score (nSPS) is 22.2. The highest BCUT2D eigenvalue weighted by Gasteiger charge is 2.30. The number of rotatable bonds is 6. The maximum Gasteiger partial charge on any atom is 0.202 e. The van der Waals surface area contributed by atoms with E-state index in [-0.39, 0.29) is 0 Å². The maximum absolute atomic E-state index is 5.91. The average molecular weight is 289 g/mol. The minimum Gasteiger partial charge on any atom is -0.461 e. The van der Waals surface area contributed by atoms with Gasteiger partial charge in [0.15, 0.2) is 5.76 Å². The molecular weight excluding hydrogens is 266 g/mol. The summed E-state index contributed by atoms with van der Waals surface area (Å²) in [6.45, 7) is 4.78. The summed E-state index contributed by atoms with van der Waals surface area (Å²) in [6.07, 6.45) is 5.40. The highest BCUT2D eigenvalue weighted by atomic mass is 16.5. The van der Waals surface area contributed by atoms with Gasteiger partial charge in [0.2, 0.25) is 5.76 Å². The lowest BCUT2D eigenvalue weighted by molar-refractivity contribution is 0.158. The second-order valence-corrected chi connectivity index (χ2v) is 5.72. The van der Waals surface area contributed by atoms with Gasteiger partial charge in [0.05, 0.1) is 12.0 Å². The van der Waals surface area contributed by atoms with Crippen LogP contribution in [-0.4, -0.2) is 29.2 Å². The standard InChI is InChI=1S/C16H23N3O2/c1-2-19(14-6-3-5-12(14)10-17)11-13-9-16(21-18-13)15-7-4-8-20-15/h4,7-9,12,14H,2-3,5-6,10-11,17H2,1H3. The molecule has 2 unspecified atom stereocenters. The summed E-state index contributed by atoms with van der Waals surface area (Å²) < 4.78 is 10.7. The number of hydrogen-bond acceptors (Lipinski definition) is 5. The summed E-state index contributed by atoms with van der Waals surface area (Å²) in [4.78, 5) is 2.47. The molecule has 3 rings (SSSR count). The van der Waals surface area contributed by atoms with Gasteiger partial charge in [0, 0.05) is 18.7 Å². The first kappa shape index (κ1) is 14.4. The Bertz CT molecular complexity index is 550. The molecule has 0 bridgehead atoms. The third-order valence-electron chi connectivity index (χ3n) is 4.48. The predicted octanol–water partition coefficient (Wildman–Crippen LogP) is 2.88. The summed E-state index contributed by atoms with van der Waals surface area (Å²) in [7, 11) is 0. The molecule has 5 heteroatoms. The summed E-state index contributed by atoms with van der Waals surface area (Å²) in [5, 5.41) is 4.17. The van der Waals surface area contributed by atoms with Crippen molar-refractivity contribution in [3.63, 3.8) is 0 Å². The quantitative estimate of drug-likeness (QED) is 0.885. The van der Waals surface area contributed by atoms with E-state index in [1.165, 1.54) is 19.3 Å². The summed E-state index contributed by atoms with van der Waals surface area (Å²) >= 11 is 0. The van der Waals surface area contributed by atoms with Crippen molar-refractivity contribution in [2.45, 2.75) is 38.8 Å². The van der Waals surface area contributed by atoms with Crippen LogP contribution in [0, 0.1) is 5.92 Å².